The van der Waals surface area contributed by atoms with Crippen molar-refractivity contribution in [1.29, 1.82) is 0 Å². The van der Waals surface area contributed by atoms with Crippen molar-refractivity contribution in [1.82, 2.24) is 9.88 Å². The van der Waals surface area contributed by atoms with Gasteiger partial charge in [0.1, 0.15) is 12.3 Å². The summed E-state index contributed by atoms with van der Waals surface area (Å²) in [6, 6.07) is 13.2. The van der Waals surface area contributed by atoms with Gasteiger partial charge in [-0.25, -0.2) is 0 Å². The molecule has 0 atom stereocenters. The van der Waals surface area contributed by atoms with Gasteiger partial charge in [-0.1, -0.05) is 30.3 Å². The van der Waals surface area contributed by atoms with E-state index in [1.54, 1.807) is 31.3 Å². The number of phenols is 1. The highest BCUT2D eigenvalue weighted by Gasteiger charge is 2.15. The molecule has 132 valence electrons. The van der Waals surface area contributed by atoms with Gasteiger partial charge >= 0.3 is 0 Å². The average Bonchev–Trinajstić information content (AvgIpc) is 2.89. The SMILES string of the molecule is Cn1c(O)c(N=NC(=O)CNC(=O)c2ccccc2O)c2ccccc21. The number of rotatable bonds is 4. The third kappa shape index (κ3) is 3.25. The Morgan fingerprint density at radius 3 is 2.54 bits per heavy atom. The Morgan fingerprint density at radius 2 is 1.77 bits per heavy atom. The number of azo groups is 1. The van der Waals surface area contributed by atoms with Crippen molar-refractivity contribution in [3.63, 3.8) is 0 Å². The lowest BCUT2D eigenvalue weighted by Gasteiger charge is -2.04. The second-order valence-electron chi connectivity index (χ2n) is 5.54. The number of amides is 2. The number of nitrogens with zero attached hydrogens (tertiary/aromatic N) is 3. The number of aryl methyl sites for hydroxylation is 1. The summed E-state index contributed by atoms with van der Waals surface area (Å²) in [7, 11) is 1.67. The standard InChI is InChI=1S/C18H16N4O4/c1-22-13-8-4-2-6-11(13)16(18(22)26)21-20-15(24)10-19-17(25)12-7-3-5-9-14(12)23/h2-9,23,26H,10H2,1H3,(H,19,25). The number of fused-ring (bicyclic) bond motifs is 1. The zero-order valence-corrected chi connectivity index (χ0v) is 13.9. The van der Waals surface area contributed by atoms with Gasteiger partial charge in [0.15, 0.2) is 5.69 Å². The van der Waals surface area contributed by atoms with Crippen LogP contribution in [0.5, 0.6) is 11.6 Å². The van der Waals surface area contributed by atoms with Gasteiger partial charge in [-0.2, -0.15) is 0 Å². The molecule has 0 bridgehead atoms. The summed E-state index contributed by atoms with van der Waals surface area (Å²) in [5, 5.41) is 30.1. The van der Waals surface area contributed by atoms with Gasteiger partial charge in [0.05, 0.1) is 11.1 Å². The van der Waals surface area contributed by atoms with Crippen molar-refractivity contribution in [3.05, 3.63) is 54.1 Å². The Balaban J connectivity index is 1.70. The Bertz CT molecular complexity index is 1020. The van der Waals surface area contributed by atoms with Crippen LogP contribution in [-0.4, -0.2) is 33.1 Å². The maximum atomic E-state index is 11.9. The zero-order chi connectivity index (χ0) is 18.7. The molecule has 1 aromatic heterocycles. The number of aromatic hydroxyl groups is 2. The number of nitrogens with one attached hydrogen (secondary N) is 1. The molecule has 0 aliphatic heterocycles. The summed E-state index contributed by atoms with van der Waals surface area (Å²) in [6.45, 7) is -0.387. The maximum absolute atomic E-state index is 11.9. The van der Waals surface area contributed by atoms with Gasteiger partial charge in [0.25, 0.3) is 11.8 Å². The first-order chi connectivity index (χ1) is 12.5. The monoisotopic (exact) mass is 352 g/mol. The third-order valence-corrected chi connectivity index (χ3v) is 3.86. The van der Waals surface area contributed by atoms with Gasteiger partial charge in [-0.05, 0) is 18.2 Å². The number of para-hydroxylation sites is 2. The molecule has 2 aromatic carbocycles. The Hall–Kier alpha value is -3.68. The van der Waals surface area contributed by atoms with Gasteiger partial charge in [0, 0.05) is 12.4 Å². The highest BCUT2D eigenvalue weighted by Crippen LogP contribution is 2.37. The van der Waals surface area contributed by atoms with Crippen LogP contribution in [0.3, 0.4) is 0 Å². The topological polar surface area (TPSA) is 116 Å². The fourth-order valence-corrected chi connectivity index (χ4v) is 2.52. The predicted molar refractivity (Wildman–Crippen MR) is 94.5 cm³/mol. The number of aromatic nitrogens is 1. The van der Waals surface area contributed by atoms with Crippen LogP contribution in [0, 0.1) is 0 Å². The van der Waals surface area contributed by atoms with Crippen LogP contribution in [0.2, 0.25) is 0 Å². The first-order valence-corrected chi connectivity index (χ1v) is 7.76. The molecule has 3 rings (SSSR count). The van der Waals surface area contributed by atoms with E-state index in [9.17, 15) is 19.8 Å². The highest BCUT2D eigenvalue weighted by molar-refractivity contribution is 5.99. The van der Waals surface area contributed by atoms with Crippen molar-refractivity contribution in [2.45, 2.75) is 0 Å². The minimum Gasteiger partial charge on any atom is -0.507 e. The average molecular weight is 352 g/mol. The second kappa shape index (κ2) is 7.06. The van der Waals surface area contributed by atoms with Crippen molar-refractivity contribution in [2.75, 3.05) is 6.54 Å². The zero-order valence-electron chi connectivity index (χ0n) is 13.9. The van der Waals surface area contributed by atoms with E-state index in [-0.39, 0.29) is 29.4 Å². The molecule has 3 N–H and O–H groups in total. The lowest BCUT2D eigenvalue weighted by atomic mass is 10.2. The van der Waals surface area contributed by atoms with E-state index in [1.165, 1.54) is 16.7 Å². The molecule has 0 saturated carbocycles. The maximum Gasteiger partial charge on any atom is 0.283 e. The molecular formula is C18H16N4O4. The molecule has 8 heteroatoms. The summed E-state index contributed by atoms with van der Waals surface area (Å²) in [4.78, 5) is 23.8. The van der Waals surface area contributed by atoms with E-state index >= 15 is 0 Å². The quantitative estimate of drug-likeness (QED) is 0.626. The van der Waals surface area contributed by atoms with Crippen LogP contribution < -0.4 is 5.32 Å². The van der Waals surface area contributed by atoms with Gasteiger partial charge in [-0.3, -0.25) is 9.59 Å². The first-order valence-electron chi connectivity index (χ1n) is 7.76. The van der Waals surface area contributed by atoms with Crippen molar-refractivity contribution >= 4 is 28.4 Å². The summed E-state index contributed by atoms with van der Waals surface area (Å²) in [5.74, 6) is -1.58. The van der Waals surface area contributed by atoms with Crippen LogP contribution in [0.4, 0.5) is 5.69 Å². The van der Waals surface area contributed by atoms with Crippen LogP contribution in [0.15, 0.2) is 58.8 Å². The summed E-state index contributed by atoms with van der Waals surface area (Å²) >= 11 is 0. The van der Waals surface area contributed by atoms with Crippen LogP contribution in [0.1, 0.15) is 10.4 Å². The molecule has 26 heavy (non-hydrogen) atoms. The molecular weight excluding hydrogens is 336 g/mol. The van der Waals surface area contributed by atoms with Gasteiger partial charge in [-0.15, -0.1) is 10.2 Å². The minimum atomic E-state index is -0.693. The normalized spacial score (nSPS) is 11.1. The lowest BCUT2D eigenvalue weighted by Crippen LogP contribution is -2.28. The molecule has 0 spiro atoms. The highest BCUT2D eigenvalue weighted by atomic mass is 16.3. The van der Waals surface area contributed by atoms with Crippen molar-refractivity contribution in [3.8, 4) is 11.6 Å². The van der Waals surface area contributed by atoms with Crippen molar-refractivity contribution in [2.24, 2.45) is 17.3 Å². The van der Waals surface area contributed by atoms with E-state index in [0.717, 1.165) is 5.52 Å². The van der Waals surface area contributed by atoms with E-state index in [0.29, 0.717) is 5.39 Å². The number of hydrogen-bond acceptors (Lipinski definition) is 5. The predicted octanol–water partition coefficient (Wildman–Crippen LogP) is 2.63. The Kier molecular flexibility index (Phi) is 4.66. The molecule has 8 nitrogen and oxygen atoms in total. The van der Waals surface area contributed by atoms with E-state index < -0.39 is 11.8 Å². The smallest absolute Gasteiger partial charge is 0.283 e. The molecule has 0 radical (unpaired) electrons. The van der Waals surface area contributed by atoms with Crippen molar-refractivity contribution < 1.29 is 19.8 Å². The molecule has 3 aromatic rings. The van der Waals surface area contributed by atoms with Gasteiger partial charge < -0.3 is 20.1 Å². The van der Waals surface area contributed by atoms with E-state index in [1.807, 2.05) is 12.1 Å². The molecule has 0 saturated heterocycles. The fraction of sp³-hybridized carbons (Fsp3) is 0.111. The van der Waals surface area contributed by atoms with Crippen LogP contribution >= 0.6 is 0 Å². The number of benzene rings is 2. The minimum absolute atomic E-state index is 0.0592. The molecule has 0 unspecified atom stereocenters. The molecule has 0 aliphatic carbocycles. The molecule has 2 amide bonds. The number of carbonyl (C=O) groups excluding carboxylic acids is 2. The second-order valence-corrected chi connectivity index (χ2v) is 5.54. The Morgan fingerprint density at radius 1 is 1.08 bits per heavy atom. The molecule has 1 heterocycles. The van der Waals surface area contributed by atoms with E-state index in [2.05, 4.69) is 15.5 Å². The summed E-state index contributed by atoms with van der Waals surface area (Å²) in [6.07, 6.45) is 0. The number of hydrogen-bond donors (Lipinski definition) is 3. The van der Waals surface area contributed by atoms with Crippen LogP contribution in [0.25, 0.3) is 10.9 Å². The van der Waals surface area contributed by atoms with Crippen LogP contribution in [-0.2, 0) is 11.8 Å². The Labute approximate surface area is 148 Å². The summed E-state index contributed by atoms with van der Waals surface area (Å²) in [5.41, 5.74) is 0.992. The van der Waals surface area contributed by atoms with Gasteiger partial charge in [0.2, 0.25) is 5.88 Å². The number of carbonyl (C=O) groups is 2. The summed E-state index contributed by atoms with van der Waals surface area (Å²) < 4.78 is 1.54. The first kappa shape index (κ1) is 17.2. The number of phenolic OH excluding ortho intramolecular Hbond substituents is 1. The molecule has 0 fully saturated rings. The van der Waals surface area contributed by atoms with E-state index in [4.69, 9.17) is 0 Å². The largest absolute Gasteiger partial charge is 0.507 e. The molecule has 0 aliphatic rings. The lowest BCUT2D eigenvalue weighted by molar-refractivity contribution is -0.117. The third-order valence-electron chi connectivity index (χ3n) is 3.86. The fourth-order valence-electron chi connectivity index (χ4n) is 2.52.